The Morgan fingerprint density at radius 1 is 1.40 bits per heavy atom. The molecule has 3 rings (SSSR count). The largest absolute Gasteiger partial charge is 0.374 e. The van der Waals surface area contributed by atoms with Gasteiger partial charge in [0.2, 0.25) is 0 Å². The van der Waals surface area contributed by atoms with Gasteiger partial charge < -0.3 is 9.64 Å². The van der Waals surface area contributed by atoms with E-state index in [1.54, 1.807) is 6.20 Å². The maximum atomic E-state index is 6.19. The normalized spacial score (nSPS) is 23.4. The van der Waals surface area contributed by atoms with Crippen LogP contribution in [0.3, 0.4) is 0 Å². The molecule has 2 aliphatic heterocycles. The number of anilines is 1. The smallest absolute Gasteiger partial charge is 0.134 e. The van der Waals surface area contributed by atoms with Gasteiger partial charge in [-0.25, -0.2) is 4.98 Å². The number of halogens is 1. The topological polar surface area (TPSA) is 28.6 Å². The Hall–Kier alpha value is -0.840. The van der Waals surface area contributed by atoms with E-state index in [9.17, 15) is 0 Å². The monoisotopic (exact) mass is 295 g/mol. The highest BCUT2D eigenvalue weighted by Gasteiger charge is 2.33. The lowest BCUT2D eigenvalue weighted by molar-refractivity contribution is 0.0835. The third-order valence-corrected chi connectivity index (χ3v) is 4.84. The molecule has 0 saturated carbocycles. The number of rotatable bonds is 1. The van der Waals surface area contributed by atoms with Gasteiger partial charge in [-0.2, -0.15) is 0 Å². The molecule has 2 aliphatic rings. The minimum Gasteiger partial charge on any atom is -0.374 e. The maximum absolute atomic E-state index is 6.19. The zero-order valence-corrected chi connectivity index (χ0v) is 13.2. The molecule has 0 N–H and O–H groups in total. The Labute approximate surface area is 125 Å². The molecule has 1 unspecified atom stereocenters. The first-order chi connectivity index (χ1) is 9.58. The molecule has 0 bridgehead atoms. The van der Waals surface area contributed by atoms with Gasteiger partial charge in [0.1, 0.15) is 5.82 Å². The number of piperazine rings is 1. The van der Waals surface area contributed by atoms with Crippen LogP contribution in [-0.2, 0) is 11.3 Å². The number of pyridine rings is 1. The Morgan fingerprint density at radius 2 is 2.20 bits per heavy atom. The summed E-state index contributed by atoms with van der Waals surface area (Å²) in [5, 5.41) is 0.728. The second kappa shape index (κ2) is 5.51. The summed E-state index contributed by atoms with van der Waals surface area (Å²) in [4.78, 5) is 9.51. The highest BCUT2D eigenvalue weighted by molar-refractivity contribution is 6.31. The average molecular weight is 296 g/mol. The van der Waals surface area contributed by atoms with Crippen LogP contribution in [0.1, 0.15) is 25.0 Å². The van der Waals surface area contributed by atoms with Crippen LogP contribution in [-0.4, -0.2) is 48.2 Å². The summed E-state index contributed by atoms with van der Waals surface area (Å²) in [5.41, 5.74) is 2.25. The SMILES string of the molecule is Cc1c(Cl)cnc2c1COCC1CN(C(C)C)CCN21. The van der Waals surface area contributed by atoms with E-state index < -0.39 is 0 Å². The molecule has 0 spiro atoms. The van der Waals surface area contributed by atoms with Crippen molar-refractivity contribution in [3.8, 4) is 0 Å². The molecule has 1 fully saturated rings. The van der Waals surface area contributed by atoms with Crippen molar-refractivity contribution in [2.24, 2.45) is 0 Å². The second-order valence-corrected chi connectivity index (χ2v) is 6.39. The maximum Gasteiger partial charge on any atom is 0.134 e. The van der Waals surface area contributed by atoms with Crippen LogP contribution in [0.5, 0.6) is 0 Å². The molecule has 5 heteroatoms. The summed E-state index contributed by atoms with van der Waals surface area (Å²) in [5.74, 6) is 1.07. The fraction of sp³-hybridized carbons (Fsp3) is 0.667. The predicted molar refractivity (Wildman–Crippen MR) is 81.5 cm³/mol. The van der Waals surface area contributed by atoms with Crippen LogP contribution in [0.25, 0.3) is 0 Å². The van der Waals surface area contributed by atoms with Crippen LogP contribution in [0.4, 0.5) is 5.82 Å². The molecule has 20 heavy (non-hydrogen) atoms. The number of hydrogen-bond acceptors (Lipinski definition) is 4. The van der Waals surface area contributed by atoms with E-state index in [1.165, 1.54) is 0 Å². The Balaban J connectivity index is 1.93. The van der Waals surface area contributed by atoms with Crippen molar-refractivity contribution in [1.82, 2.24) is 9.88 Å². The van der Waals surface area contributed by atoms with Crippen LogP contribution < -0.4 is 4.90 Å². The van der Waals surface area contributed by atoms with Crippen molar-refractivity contribution < 1.29 is 4.74 Å². The first-order valence-corrected chi connectivity index (χ1v) is 7.68. The third kappa shape index (κ3) is 2.41. The van der Waals surface area contributed by atoms with Gasteiger partial charge in [0.15, 0.2) is 0 Å². The van der Waals surface area contributed by atoms with Gasteiger partial charge in [-0.3, -0.25) is 4.90 Å². The minimum absolute atomic E-state index is 0.389. The number of ether oxygens (including phenoxy) is 1. The highest BCUT2D eigenvalue weighted by Crippen LogP contribution is 2.32. The van der Waals surface area contributed by atoms with E-state index in [-0.39, 0.29) is 0 Å². The van der Waals surface area contributed by atoms with Crippen molar-refractivity contribution in [2.45, 2.75) is 39.5 Å². The van der Waals surface area contributed by atoms with Crippen LogP contribution in [0, 0.1) is 6.92 Å². The molecule has 0 aromatic carbocycles. The molecule has 0 aliphatic carbocycles. The summed E-state index contributed by atoms with van der Waals surface area (Å²) in [6.07, 6.45) is 1.77. The van der Waals surface area contributed by atoms with Gasteiger partial charge in [0.05, 0.1) is 24.3 Å². The van der Waals surface area contributed by atoms with Crippen molar-refractivity contribution in [2.75, 3.05) is 31.1 Å². The van der Waals surface area contributed by atoms with Gasteiger partial charge in [-0.15, -0.1) is 0 Å². The van der Waals surface area contributed by atoms with E-state index in [0.717, 1.165) is 48.2 Å². The third-order valence-electron chi connectivity index (χ3n) is 4.45. The molecular formula is C15H22ClN3O. The summed E-state index contributed by atoms with van der Waals surface area (Å²) in [6, 6.07) is 0.972. The van der Waals surface area contributed by atoms with E-state index >= 15 is 0 Å². The first-order valence-electron chi connectivity index (χ1n) is 7.30. The van der Waals surface area contributed by atoms with Gasteiger partial charge in [-0.1, -0.05) is 11.6 Å². The fourth-order valence-electron chi connectivity index (χ4n) is 3.09. The molecule has 110 valence electrons. The van der Waals surface area contributed by atoms with Crippen LogP contribution in [0.15, 0.2) is 6.20 Å². The van der Waals surface area contributed by atoms with Gasteiger partial charge in [-0.05, 0) is 26.3 Å². The lowest BCUT2D eigenvalue weighted by atomic mass is 10.1. The predicted octanol–water partition coefficient (Wildman–Crippen LogP) is 2.47. The lowest BCUT2D eigenvalue weighted by Gasteiger charge is -2.43. The first kappa shape index (κ1) is 14.1. The van der Waals surface area contributed by atoms with E-state index in [4.69, 9.17) is 16.3 Å². The fourth-order valence-corrected chi connectivity index (χ4v) is 3.25. The standard InChI is InChI=1S/C15H22ClN3O/c1-10(2)18-4-5-19-12(7-18)8-20-9-13-11(3)14(16)6-17-15(13)19/h6,10,12H,4-5,7-9H2,1-3H3. The Bertz CT molecular complexity index is 506. The number of nitrogens with zero attached hydrogens (tertiary/aromatic N) is 3. The molecule has 0 amide bonds. The molecule has 1 aromatic rings. The zero-order chi connectivity index (χ0) is 14.3. The molecule has 1 atom stereocenters. The summed E-state index contributed by atoms with van der Waals surface area (Å²) < 4.78 is 5.89. The molecule has 3 heterocycles. The number of hydrogen-bond donors (Lipinski definition) is 0. The lowest BCUT2D eigenvalue weighted by Crippen LogP contribution is -2.56. The Morgan fingerprint density at radius 3 is 2.95 bits per heavy atom. The molecule has 0 radical (unpaired) electrons. The highest BCUT2D eigenvalue weighted by atomic mass is 35.5. The number of fused-ring (bicyclic) bond motifs is 3. The van der Waals surface area contributed by atoms with Gasteiger partial charge in [0.25, 0.3) is 0 Å². The van der Waals surface area contributed by atoms with Crippen molar-refractivity contribution in [3.05, 3.63) is 22.3 Å². The molecule has 1 aromatic heterocycles. The second-order valence-electron chi connectivity index (χ2n) is 5.98. The van der Waals surface area contributed by atoms with Crippen molar-refractivity contribution in [1.29, 1.82) is 0 Å². The Kier molecular flexibility index (Phi) is 3.89. The molecule has 4 nitrogen and oxygen atoms in total. The van der Waals surface area contributed by atoms with Crippen molar-refractivity contribution in [3.63, 3.8) is 0 Å². The van der Waals surface area contributed by atoms with E-state index in [0.29, 0.717) is 18.7 Å². The van der Waals surface area contributed by atoms with Crippen LogP contribution in [0.2, 0.25) is 5.02 Å². The minimum atomic E-state index is 0.389. The number of aromatic nitrogens is 1. The van der Waals surface area contributed by atoms with E-state index in [1.807, 2.05) is 0 Å². The van der Waals surface area contributed by atoms with Crippen molar-refractivity contribution >= 4 is 17.4 Å². The summed E-state index contributed by atoms with van der Waals surface area (Å²) in [6.45, 7) is 11.1. The molecule has 1 saturated heterocycles. The van der Waals surface area contributed by atoms with Gasteiger partial charge in [0, 0.05) is 37.4 Å². The van der Waals surface area contributed by atoms with E-state index in [2.05, 4.69) is 35.6 Å². The quantitative estimate of drug-likeness (QED) is 0.796. The van der Waals surface area contributed by atoms with Crippen LogP contribution >= 0.6 is 11.6 Å². The molecular weight excluding hydrogens is 274 g/mol. The summed E-state index contributed by atoms with van der Waals surface area (Å²) >= 11 is 6.19. The summed E-state index contributed by atoms with van der Waals surface area (Å²) in [7, 11) is 0. The average Bonchev–Trinajstić information content (AvgIpc) is 2.61. The van der Waals surface area contributed by atoms with Gasteiger partial charge >= 0.3 is 0 Å². The zero-order valence-electron chi connectivity index (χ0n) is 12.4.